The van der Waals surface area contributed by atoms with Crippen LogP contribution in [0.15, 0.2) is 22.7 Å². The summed E-state index contributed by atoms with van der Waals surface area (Å²) in [5, 5.41) is 0.923. The van der Waals surface area contributed by atoms with Crippen molar-refractivity contribution in [1.82, 2.24) is 4.98 Å². The molecule has 1 aliphatic rings. The molecule has 5 heteroatoms. The molecule has 1 unspecified atom stereocenters. The number of aryl methyl sites for hydroxylation is 2. The zero-order valence-electron chi connectivity index (χ0n) is 9.62. The fourth-order valence-corrected chi connectivity index (χ4v) is 4.00. The third kappa shape index (κ3) is 2.11. The van der Waals surface area contributed by atoms with E-state index in [0.29, 0.717) is 4.47 Å². The maximum atomic E-state index is 13.1. The van der Waals surface area contributed by atoms with Gasteiger partial charge in [0, 0.05) is 9.35 Å². The Balaban J connectivity index is 1.95. The van der Waals surface area contributed by atoms with Crippen LogP contribution < -0.4 is 5.73 Å². The summed E-state index contributed by atoms with van der Waals surface area (Å²) in [5.74, 6) is -0.264. The average Bonchev–Trinajstić information content (AvgIpc) is 2.87. The summed E-state index contributed by atoms with van der Waals surface area (Å²) in [6.45, 7) is 0. The van der Waals surface area contributed by atoms with Crippen LogP contribution in [-0.2, 0) is 12.8 Å². The maximum Gasteiger partial charge on any atom is 0.124 e. The third-order valence-electron chi connectivity index (χ3n) is 3.18. The van der Waals surface area contributed by atoms with E-state index in [1.54, 1.807) is 17.4 Å². The van der Waals surface area contributed by atoms with E-state index < -0.39 is 0 Å². The van der Waals surface area contributed by atoms with Crippen LogP contribution in [-0.4, -0.2) is 4.98 Å². The van der Waals surface area contributed by atoms with Gasteiger partial charge in [-0.25, -0.2) is 9.37 Å². The number of halogens is 2. The van der Waals surface area contributed by atoms with Crippen LogP contribution in [0.25, 0.3) is 0 Å². The smallest absolute Gasteiger partial charge is 0.124 e. The first kappa shape index (κ1) is 12.3. The van der Waals surface area contributed by atoms with E-state index in [-0.39, 0.29) is 11.9 Å². The van der Waals surface area contributed by atoms with Gasteiger partial charge in [0.2, 0.25) is 0 Å². The highest BCUT2D eigenvalue weighted by Crippen LogP contribution is 2.34. The van der Waals surface area contributed by atoms with Crippen LogP contribution in [0.3, 0.4) is 0 Å². The number of nitrogens with two attached hydrogens (primary N) is 1. The Morgan fingerprint density at radius 1 is 1.39 bits per heavy atom. The minimum atomic E-state index is -0.282. The van der Waals surface area contributed by atoms with Gasteiger partial charge >= 0.3 is 0 Å². The van der Waals surface area contributed by atoms with Gasteiger partial charge in [0.15, 0.2) is 0 Å². The van der Waals surface area contributed by atoms with Crippen molar-refractivity contribution in [3.05, 3.63) is 49.6 Å². The Bertz CT molecular complexity index is 575. The minimum absolute atomic E-state index is 0.264. The number of thiazole rings is 1. The normalized spacial score (nSPS) is 15.7. The lowest BCUT2D eigenvalue weighted by molar-refractivity contribution is 0.625. The fraction of sp³-hybridized carbons (Fsp3) is 0.308. The van der Waals surface area contributed by atoms with Crippen molar-refractivity contribution < 1.29 is 4.39 Å². The van der Waals surface area contributed by atoms with Gasteiger partial charge in [-0.15, -0.1) is 11.3 Å². The van der Waals surface area contributed by atoms with Gasteiger partial charge in [-0.3, -0.25) is 0 Å². The van der Waals surface area contributed by atoms with E-state index in [1.165, 1.54) is 29.1 Å². The molecule has 1 aromatic carbocycles. The second-order valence-corrected chi connectivity index (χ2v) is 6.39. The number of fused-ring (bicyclic) bond motifs is 1. The number of rotatable bonds is 2. The van der Waals surface area contributed by atoms with E-state index in [2.05, 4.69) is 20.9 Å². The zero-order chi connectivity index (χ0) is 12.7. The molecule has 3 rings (SSSR count). The highest BCUT2D eigenvalue weighted by Gasteiger charge is 2.22. The molecular formula is C13H12BrFN2S. The molecule has 0 amide bonds. The van der Waals surface area contributed by atoms with Crippen molar-refractivity contribution in [2.75, 3.05) is 0 Å². The van der Waals surface area contributed by atoms with Gasteiger partial charge in [-0.05, 0) is 37.0 Å². The highest BCUT2D eigenvalue weighted by molar-refractivity contribution is 9.10. The molecule has 1 aromatic heterocycles. The molecule has 2 aromatic rings. The second-order valence-electron chi connectivity index (χ2n) is 4.42. The van der Waals surface area contributed by atoms with Crippen LogP contribution in [0.5, 0.6) is 0 Å². The van der Waals surface area contributed by atoms with E-state index in [4.69, 9.17) is 5.73 Å². The molecule has 0 fully saturated rings. The van der Waals surface area contributed by atoms with Gasteiger partial charge < -0.3 is 5.73 Å². The standard InChI is InChI=1S/C13H12BrFN2S/c14-9-6-7(15)4-5-8(9)12(16)13-17-10-2-1-3-11(10)18-13/h4-6,12H,1-3,16H2. The summed E-state index contributed by atoms with van der Waals surface area (Å²) >= 11 is 5.05. The predicted molar refractivity (Wildman–Crippen MR) is 74.3 cm³/mol. The van der Waals surface area contributed by atoms with E-state index in [9.17, 15) is 4.39 Å². The zero-order valence-corrected chi connectivity index (χ0v) is 12.0. The Morgan fingerprint density at radius 3 is 2.94 bits per heavy atom. The van der Waals surface area contributed by atoms with Crippen molar-refractivity contribution in [3.63, 3.8) is 0 Å². The molecule has 0 saturated carbocycles. The molecule has 0 saturated heterocycles. The Hall–Kier alpha value is -0.780. The van der Waals surface area contributed by atoms with Crippen molar-refractivity contribution in [1.29, 1.82) is 0 Å². The van der Waals surface area contributed by atoms with Gasteiger partial charge in [0.05, 0.1) is 11.7 Å². The summed E-state index contributed by atoms with van der Waals surface area (Å²) in [4.78, 5) is 5.97. The molecule has 0 radical (unpaired) electrons. The molecule has 1 atom stereocenters. The number of nitrogens with zero attached hydrogens (tertiary/aromatic N) is 1. The largest absolute Gasteiger partial charge is 0.318 e. The fourth-order valence-electron chi connectivity index (χ4n) is 2.23. The lowest BCUT2D eigenvalue weighted by atomic mass is 10.1. The summed E-state index contributed by atoms with van der Waals surface area (Å²) in [6, 6.07) is 4.31. The summed E-state index contributed by atoms with van der Waals surface area (Å²) < 4.78 is 13.8. The van der Waals surface area contributed by atoms with Crippen LogP contribution >= 0.6 is 27.3 Å². The van der Waals surface area contributed by atoms with Crippen molar-refractivity contribution in [3.8, 4) is 0 Å². The highest BCUT2D eigenvalue weighted by atomic mass is 79.9. The summed E-state index contributed by atoms with van der Waals surface area (Å²) in [6.07, 6.45) is 3.37. The average molecular weight is 327 g/mol. The first-order valence-electron chi connectivity index (χ1n) is 5.84. The van der Waals surface area contributed by atoms with Crippen LogP contribution in [0, 0.1) is 5.82 Å². The molecule has 2 nitrogen and oxygen atoms in total. The van der Waals surface area contributed by atoms with Crippen molar-refractivity contribution in [2.45, 2.75) is 25.3 Å². The first-order chi connectivity index (χ1) is 8.65. The molecule has 1 heterocycles. The Kier molecular flexibility index (Phi) is 3.21. The minimum Gasteiger partial charge on any atom is -0.318 e. The Labute approximate surface area is 117 Å². The molecule has 18 heavy (non-hydrogen) atoms. The number of hydrogen-bond acceptors (Lipinski definition) is 3. The molecule has 1 aliphatic carbocycles. The lowest BCUT2D eigenvalue weighted by Gasteiger charge is -2.11. The monoisotopic (exact) mass is 326 g/mol. The quantitative estimate of drug-likeness (QED) is 0.916. The molecular weight excluding hydrogens is 315 g/mol. The molecule has 0 bridgehead atoms. The van der Waals surface area contributed by atoms with Gasteiger partial charge in [-0.1, -0.05) is 22.0 Å². The van der Waals surface area contributed by atoms with Crippen molar-refractivity contribution >= 4 is 27.3 Å². The van der Waals surface area contributed by atoms with Gasteiger partial charge in [0.1, 0.15) is 10.8 Å². The molecule has 0 aliphatic heterocycles. The second kappa shape index (κ2) is 4.72. The SMILES string of the molecule is NC(c1nc2c(s1)CCC2)c1ccc(F)cc1Br. The maximum absolute atomic E-state index is 13.1. The lowest BCUT2D eigenvalue weighted by Crippen LogP contribution is -2.12. The van der Waals surface area contributed by atoms with E-state index in [0.717, 1.165) is 23.4 Å². The van der Waals surface area contributed by atoms with Gasteiger partial charge in [0.25, 0.3) is 0 Å². The summed E-state index contributed by atoms with van der Waals surface area (Å²) in [5.41, 5.74) is 8.30. The van der Waals surface area contributed by atoms with Crippen molar-refractivity contribution in [2.24, 2.45) is 5.73 Å². The molecule has 94 valence electrons. The first-order valence-corrected chi connectivity index (χ1v) is 7.45. The van der Waals surface area contributed by atoms with E-state index in [1.807, 2.05) is 0 Å². The number of benzene rings is 1. The topological polar surface area (TPSA) is 38.9 Å². The number of aromatic nitrogens is 1. The van der Waals surface area contributed by atoms with Crippen LogP contribution in [0.2, 0.25) is 0 Å². The van der Waals surface area contributed by atoms with Crippen LogP contribution in [0.4, 0.5) is 4.39 Å². The Morgan fingerprint density at radius 2 is 2.22 bits per heavy atom. The predicted octanol–water partition coefficient (Wildman–Crippen LogP) is 3.58. The van der Waals surface area contributed by atoms with Crippen LogP contribution in [0.1, 0.15) is 33.6 Å². The molecule has 2 N–H and O–H groups in total. The van der Waals surface area contributed by atoms with E-state index >= 15 is 0 Å². The third-order valence-corrected chi connectivity index (χ3v) is 5.10. The molecule has 0 spiro atoms. The summed E-state index contributed by atoms with van der Waals surface area (Å²) in [7, 11) is 0. The van der Waals surface area contributed by atoms with Gasteiger partial charge in [-0.2, -0.15) is 0 Å². The number of hydrogen-bond donors (Lipinski definition) is 1.